The number of nitrogens with one attached hydrogen (secondary N) is 2. The molecule has 0 spiro atoms. The zero-order chi connectivity index (χ0) is 15.5. The molecule has 0 atom stereocenters. The Morgan fingerprint density at radius 1 is 1.05 bits per heavy atom. The van der Waals surface area contributed by atoms with Gasteiger partial charge in [-0.05, 0) is 25.5 Å². The maximum atomic E-state index is 11.5. The summed E-state index contributed by atoms with van der Waals surface area (Å²) in [5.74, 6) is 0.798. The van der Waals surface area contributed by atoms with E-state index in [4.69, 9.17) is 4.74 Å². The SMILES string of the molecule is CCC(=O)NCCNC(=O)CCCOc1ccc(C)cc1. The molecule has 0 unspecified atom stereocenters. The number of carbonyl (C=O) groups is 2. The first-order valence-corrected chi connectivity index (χ1v) is 7.34. The molecule has 0 aliphatic rings. The average Bonchev–Trinajstić information content (AvgIpc) is 2.49. The molecule has 0 radical (unpaired) electrons. The fourth-order valence-corrected chi connectivity index (χ4v) is 1.67. The first-order chi connectivity index (χ1) is 10.1. The zero-order valence-corrected chi connectivity index (χ0v) is 12.8. The number of hydrogen-bond acceptors (Lipinski definition) is 3. The number of amides is 2. The largest absolute Gasteiger partial charge is 0.494 e. The van der Waals surface area contributed by atoms with Crippen molar-refractivity contribution in [1.29, 1.82) is 0 Å². The van der Waals surface area contributed by atoms with Crippen LogP contribution in [0.4, 0.5) is 0 Å². The smallest absolute Gasteiger partial charge is 0.220 e. The molecule has 5 nitrogen and oxygen atoms in total. The van der Waals surface area contributed by atoms with Gasteiger partial charge in [0.1, 0.15) is 5.75 Å². The van der Waals surface area contributed by atoms with E-state index >= 15 is 0 Å². The molecular formula is C16H24N2O3. The van der Waals surface area contributed by atoms with Gasteiger partial charge in [0, 0.05) is 25.9 Å². The van der Waals surface area contributed by atoms with Crippen molar-refractivity contribution in [3.8, 4) is 5.75 Å². The minimum absolute atomic E-state index is 0.00394. The Balaban J connectivity index is 2.03. The van der Waals surface area contributed by atoms with Crippen molar-refractivity contribution in [3.63, 3.8) is 0 Å². The van der Waals surface area contributed by atoms with Crippen LogP contribution in [0.1, 0.15) is 31.7 Å². The summed E-state index contributed by atoms with van der Waals surface area (Å²) in [6, 6.07) is 7.83. The maximum absolute atomic E-state index is 11.5. The van der Waals surface area contributed by atoms with E-state index in [0.717, 1.165) is 5.75 Å². The van der Waals surface area contributed by atoms with Crippen LogP contribution in [0.2, 0.25) is 0 Å². The summed E-state index contributed by atoms with van der Waals surface area (Å²) in [7, 11) is 0. The van der Waals surface area contributed by atoms with Crippen LogP contribution in [0.25, 0.3) is 0 Å². The van der Waals surface area contributed by atoms with Gasteiger partial charge in [-0.15, -0.1) is 0 Å². The number of rotatable bonds is 9. The minimum atomic E-state index is -0.0201. The van der Waals surface area contributed by atoms with Crippen LogP contribution in [-0.4, -0.2) is 31.5 Å². The fraction of sp³-hybridized carbons (Fsp3) is 0.500. The van der Waals surface area contributed by atoms with Gasteiger partial charge >= 0.3 is 0 Å². The number of benzene rings is 1. The molecule has 0 bridgehead atoms. The van der Waals surface area contributed by atoms with Crippen molar-refractivity contribution in [2.45, 2.75) is 33.1 Å². The molecule has 0 aliphatic carbocycles. The summed E-state index contributed by atoms with van der Waals surface area (Å²) in [4.78, 5) is 22.5. The van der Waals surface area contributed by atoms with Gasteiger partial charge in [-0.25, -0.2) is 0 Å². The minimum Gasteiger partial charge on any atom is -0.494 e. The highest BCUT2D eigenvalue weighted by Crippen LogP contribution is 2.11. The maximum Gasteiger partial charge on any atom is 0.220 e. The molecule has 21 heavy (non-hydrogen) atoms. The molecule has 0 aliphatic heterocycles. The second-order valence-electron chi connectivity index (χ2n) is 4.82. The van der Waals surface area contributed by atoms with Crippen molar-refractivity contribution in [2.75, 3.05) is 19.7 Å². The number of ether oxygens (including phenoxy) is 1. The van der Waals surface area contributed by atoms with Crippen molar-refractivity contribution in [3.05, 3.63) is 29.8 Å². The van der Waals surface area contributed by atoms with Crippen LogP contribution < -0.4 is 15.4 Å². The zero-order valence-electron chi connectivity index (χ0n) is 12.8. The molecule has 1 rings (SSSR count). The predicted octanol–water partition coefficient (Wildman–Crippen LogP) is 1.80. The number of hydrogen-bond donors (Lipinski definition) is 2. The molecule has 1 aromatic carbocycles. The van der Waals surface area contributed by atoms with E-state index in [-0.39, 0.29) is 11.8 Å². The molecule has 0 heterocycles. The fourth-order valence-electron chi connectivity index (χ4n) is 1.67. The molecule has 0 saturated carbocycles. The van der Waals surface area contributed by atoms with Gasteiger partial charge in [0.2, 0.25) is 11.8 Å². The van der Waals surface area contributed by atoms with Gasteiger partial charge in [-0.3, -0.25) is 9.59 Å². The van der Waals surface area contributed by atoms with Gasteiger partial charge in [-0.1, -0.05) is 24.6 Å². The highest BCUT2D eigenvalue weighted by Gasteiger charge is 2.02. The third kappa shape index (κ3) is 7.97. The first kappa shape index (κ1) is 17.0. The molecular weight excluding hydrogens is 268 g/mol. The summed E-state index contributed by atoms with van der Waals surface area (Å²) >= 11 is 0. The quantitative estimate of drug-likeness (QED) is 0.682. The lowest BCUT2D eigenvalue weighted by Crippen LogP contribution is -2.34. The molecule has 0 aromatic heterocycles. The van der Waals surface area contributed by atoms with Crippen molar-refractivity contribution >= 4 is 11.8 Å². The van der Waals surface area contributed by atoms with Crippen LogP contribution >= 0.6 is 0 Å². The van der Waals surface area contributed by atoms with Crippen molar-refractivity contribution < 1.29 is 14.3 Å². The van der Waals surface area contributed by atoms with Crippen molar-refractivity contribution in [1.82, 2.24) is 10.6 Å². The molecule has 2 amide bonds. The average molecular weight is 292 g/mol. The second kappa shape index (κ2) is 9.80. The summed E-state index contributed by atoms with van der Waals surface area (Å²) in [5.41, 5.74) is 1.19. The highest BCUT2D eigenvalue weighted by atomic mass is 16.5. The monoisotopic (exact) mass is 292 g/mol. The van der Waals surface area contributed by atoms with Gasteiger partial charge in [-0.2, -0.15) is 0 Å². The predicted molar refractivity (Wildman–Crippen MR) is 82.2 cm³/mol. The van der Waals surface area contributed by atoms with E-state index in [0.29, 0.717) is 39.0 Å². The van der Waals surface area contributed by atoms with Gasteiger partial charge in [0.15, 0.2) is 0 Å². The molecule has 0 saturated heterocycles. The number of carbonyl (C=O) groups excluding carboxylic acids is 2. The third-order valence-corrected chi connectivity index (χ3v) is 2.93. The summed E-state index contributed by atoms with van der Waals surface area (Å²) < 4.78 is 5.55. The molecule has 116 valence electrons. The van der Waals surface area contributed by atoms with E-state index in [1.165, 1.54) is 5.56 Å². The molecule has 2 N–H and O–H groups in total. The van der Waals surface area contributed by atoms with Gasteiger partial charge in [0.25, 0.3) is 0 Å². The van der Waals surface area contributed by atoms with Gasteiger partial charge < -0.3 is 15.4 Å². The Morgan fingerprint density at radius 3 is 2.29 bits per heavy atom. The van der Waals surface area contributed by atoms with E-state index in [9.17, 15) is 9.59 Å². The first-order valence-electron chi connectivity index (χ1n) is 7.34. The standard InChI is InChI=1S/C16H24N2O3/c1-3-15(19)17-10-11-18-16(20)5-4-12-21-14-8-6-13(2)7-9-14/h6-9H,3-5,10-12H2,1-2H3,(H,17,19)(H,18,20). The molecule has 0 fully saturated rings. The Kier molecular flexibility index (Phi) is 7.94. The highest BCUT2D eigenvalue weighted by molar-refractivity contribution is 5.76. The Morgan fingerprint density at radius 2 is 1.67 bits per heavy atom. The Hall–Kier alpha value is -2.04. The van der Waals surface area contributed by atoms with Gasteiger partial charge in [0.05, 0.1) is 6.61 Å². The topological polar surface area (TPSA) is 67.4 Å². The van der Waals surface area contributed by atoms with Crippen LogP contribution in [0, 0.1) is 6.92 Å². The lowest BCUT2D eigenvalue weighted by Gasteiger charge is -2.08. The third-order valence-electron chi connectivity index (χ3n) is 2.93. The number of aryl methyl sites for hydroxylation is 1. The van der Waals surface area contributed by atoms with Crippen molar-refractivity contribution in [2.24, 2.45) is 0 Å². The summed E-state index contributed by atoms with van der Waals surface area (Å²) in [5, 5.41) is 5.46. The molecule has 5 heteroatoms. The Bertz CT molecular complexity index is 443. The van der Waals surface area contributed by atoms with Crippen LogP contribution in [-0.2, 0) is 9.59 Å². The van der Waals surface area contributed by atoms with Crippen LogP contribution in [0.5, 0.6) is 5.75 Å². The van der Waals surface area contributed by atoms with Crippen LogP contribution in [0.3, 0.4) is 0 Å². The normalized spacial score (nSPS) is 10.0. The van der Waals surface area contributed by atoms with E-state index < -0.39 is 0 Å². The van der Waals surface area contributed by atoms with Crippen LogP contribution in [0.15, 0.2) is 24.3 Å². The van der Waals surface area contributed by atoms with E-state index in [1.54, 1.807) is 6.92 Å². The van der Waals surface area contributed by atoms with E-state index in [2.05, 4.69) is 10.6 Å². The Labute approximate surface area is 126 Å². The summed E-state index contributed by atoms with van der Waals surface area (Å²) in [6.45, 7) is 5.27. The van der Waals surface area contributed by atoms with E-state index in [1.807, 2.05) is 31.2 Å². The summed E-state index contributed by atoms with van der Waals surface area (Å²) in [6.07, 6.45) is 1.55. The molecule has 1 aromatic rings. The second-order valence-corrected chi connectivity index (χ2v) is 4.82. The lowest BCUT2D eigenvalue weighted by atomic mass is 10.2. The lowest BCUT2D eigenvalue weighted by molar-refractivity contribution is -0.122.